The van der Waals surface area contributed by atoms with Gasteiger partial charge in [-0.1, -0.05) is 25.8 Å². The predicted octanol–water partition coefficient (Wildman–Crippen LogP) is 4.58. The highest BCUT2D eigenvalue weighted by Crippen LogP contribution is 2.24. The van der Waals surface area contributed by atoms with Crippen molar-refractivity contribution in [1.82, 2.24) is 4.90 Å². The van der Waals surface area contributed by atoms with Gasteiger partial charge in [0.2, 0.25) is 0 Å². The highest BCUT2D eigenvalue weighted by molar-refractivity contribution is 5.69. The summed E-state index contributed by atoms with van der Waals surface area (Å²) in [6.45, 7) is 10.3. The third-order valence-electron chi connectivity index (χ3n) is 3.98. The molecule has 1 N–H and O–H groups in total. The molecular formula is C19H30N2O2. The maximum absolute atomic E-state index is 12.2. The molecule has 4 nitrogen and oxygen atoms in total. The molecule has 23 heavy (non-hydrogen) atoms. The van der Waals surface area contributed by atoms with Crippen molar-refractivity contribution in [2.75, 3.05) is 18.4 Å². The number of benzene rings is 1. The molecule has 0 fully saturated rings. The first kappa shape index (κ1) is 17.6. The Bertz CT molecular complexity index is 535. The van der Waals surface area contributed by atoms with E-state index in [0.29, 0.717) is 6.54 Å². The van der Waals surface area contributed by atoms with E-state index in [-0.39, 0.29) is 6.09 Å². The average molecular weight is 318 g/mol. The summed E-state index contributed by atoms with van der Waals surface area (Å²) in [7, 11) is 0. The van der Waals surface area contributed by atoms with Crippen LogP contribution in [0.2, 0.25) is 0 Å². The van der Waals surface area contributed by atoms with E-state index in [1.54, 1.807) is 4.90 Å². The molecule has 0 saturated carbocycles. The first-order chi connectivity index (χ1) is 10.9. The summed E-state index contributed by atoms with van der Waals surface area (Å²) < 4.78 is 5.49. The van der Waals surface area contributed by atoms with Crippen LogP contribution < -0.4 is 5.32 Å². The van der Waals surface area contributed by atoms with E-state index in [1.807, 2.05) is 20.8 Å². The van der Waals surface area contributed by atoms with Crippen molar-refractivity contribution in [3.8, 4) is 0 Å². The first-order valence-electron chi connectivity index (χ1n) is 8.72. The van der Waals surface area contributed by atoms with Gasteiger partial charge in [-0.15, -0.1) is 0 Å². The Labute approximate surface area is 140 Å². The number of hydrogen-bond donors (Lipinski definition) is 1. The maximum atomic E-state index is 12.2. The highest BCUT2D eigenvalue weighted by atomic mass is 16.6. The van der Waals surface area contributed by atoms with E-state index < -0.39 is 5.60 Å². The number of anilines is 1. The van der Waals surface area contributed by atoms with Gasteiger partial charge in [0, 0.05) is 25.3 Å². The van der Waals surface area contributed by atoms with Crippen LogP contribution in [0.15, 0.2) is 18.2 Å². The number of hydrogen-bond acceptors (Lipinski definition) is 3. The number of nitrogens with one attached hydrogen (secondary N) is 1. The molecule has 2 rings (SSSR count). The molecular weight excluding hydrogens is 288 g/mol. The van der Waals surface area contributed by atoms with Crippen LogP contribution in [0.1, 0.15) is 58.1 Å². The van der Waals surface area contributed by atoms with Crippen molar-refractivity contribution in [1.29, 1.82) is 0 Å². The van der Waals surface area contributed by atoms with E-state index in [2.05, 4.69) is 30.4 Å². The molecule has 0 spiro atoms. The van der Waals surface area contributed by atoms with Gasteiger partial charge < -0.3 is 15.0 Å². The van der Waals surface area contributed by atoms with Crippen LogP contribution in [0.25, 0.3) is 0 Å². The van der Waals surface area contributed by atoms with E-state index in [1.165, 1.54) is 30.4 Å². The Morgan fingerprint density at radius 1 is 1.26 bits per heavy atom. The van der Waals surface area contributed by atoms with Gasteiger partial charge in [-0.2, -0.15) is 0 Å². The van der Waals surface area contributed by atoms with Crippen molar-refractivity contribution in [3.05, 3.63) is 29.3 Å². The summed E-state index contributed by atoms with van der Waals surface area (Å²) in [4.78, 5) is 14.0. The molecule has 0 saturated heterocycles. The Balaban J connectivity index is 1.97. The summed E-state index contributed by atoms with van der Waals surface area (Å²) in [6.07, 6.45) is 4.35. The fraction of sp³-hybridized carbons (Fsp3) is 0.632. The fourth-order valence-corrected chi connectivity index (χ4v) is 2.76. The normalized spacial score (nSPS) is 14.3. The number of rotatable bonds is 5. The van der Waals surface area contributed by atoms with Gasteiger partial charge in [0.25, 0.3) is 0 Å². The van der Waals surface area contributed by atoms with Gasteiger partial charge >= 0.3 is 6.09 Å². The zero-order chi connectivity index (χ0) is 16.9. The third kappa shape index (κ3) is 5.45. The summed E-state index contributed by atoms with van der Waals surface area (Å²) in [6, 6.07) is 6.51. The van der Waals surface area contributed by atoms with Crippen molar-refractivity contribution in [2.45, 2.75) is 65.5 Å². The predicted molar refractivity (Wildman–Crippen MR) is 94.8 cm³/mol. The fourth-order valence-electron chi connectivity index (χ4n) is 2.76. The Kier molecular flexibility index (Phi) is 5.91. The van der Waals surface area contributed by atoms with Gasteiger partial charge in [-0.25, -0.2) is 4.79 Å². The molecule has 1 amide bonds. The zero-order valence-electron chi connectivity index (χ0n) is 14.9. The average Bonchev–Trinajstić information content (AvgIpc) is 2.49. The lowest BCUT2D eigenvalue weighted by Crippen LogP contribution is -2.39. The van der Waals surface area contributed by atoms with E-state index in [9.17, 15) is 4.79 Å². The molecule has 128 valence electrons. The summed E-state index contributed by atoms with van der Waals surface area (Å²) >= 11 is 0. The van der Waals surface area contributed by atoms with Gasteiger partial charge in [-0.05, 0) is 56.9 Å². The summed E-state index contributed by atoms with van der Waals surface area (Å²) in [5.74, 6) is 0. The SMILES string of the molecule is CCCCCNc1ccc2c(c1)CN(C(=O)OC(C)(C)C)CC2. The van der Waals surface area contributed by atoms with Crippen molar-refractivity contribution < 1.29 is 9.53 Å². The lowest BCUT2D eigenvalue weighted by atomic mass is 9.99. The minimum absolute atomic E-state index is 0.218. The molecule has 0 bridgehead atoms. The van der Waals surface area contributed by atoms with Crippen LogP contribution in [-0.2, 0) is 17.7 Å². The number of nitrogens with zero attached hydrogens (tertiary/aromatic N) is 1. The minimum Gasteiger partial charge on any atom is -0.444 e. The summed E-state index contributed by atoms with van der Waals surface area (Å²) in [5, 5.41) is 3.48. The Hall–Kier alpha value is -1.71. The smallest absolute Gasteiger partial charge is 0.410 e. The van der Waals surface area contributed by atoms with Crippen LogP contribution in [0.5, 0.6) is 0 Å². The maximum Gasteiger partial charge on any atom is 0.410 e. The number of ether oxygens (including phenoxy) is 1. The second-order valence-corrected chi connectivity index (χ2v) is 7.27. The highest BCUT2D eigenvalue weighted by Gasteiger charge is 2.25. The molecule has 0 aliphatic carbocycles. The quantitative estimate of drug-likeness (QED) is 0.808. The number of amides is 1. The summed E-state index contributed by atoms with van der Waals surface area (Å²) in [5.41, 5.74) is 3.26. The second kappa shape index (κ2) is 7.71. The largest absolute Gasteiger partial charge is 0.444 e. The number of carbonyl (C=O) groups excluding carboxylic acids is 1. The molecule has 1 aromatic rings. The monoisotopic (exact) mass is 318 g/mol. The van der Waals surface area contributed by atoms with E-state index in [4.69, 9.17) is 4.74 Å². The molecule has 1 heterocycles. The number of carbonyl (C=O) groups is 1. The lowest BCUT2D eigenvalue weighted by molar-refractivity contribution is 0.0224. The Morgan fingerprint density at radius 3 is 2.74 bits per heavy atom. The second-order valence-electron chi connectivity index (χ2n) is 7.27. The van der Waals surface area contributed by atoms with Gasteiger partial charge in [-0.3, -0.25) is 0 Å². The van der Waals surface area contributed by atoms with Gasteiger partial charge in [0.05, 0.1) is 0 Å². The van der Waals surface area contributed by atoms with Crippen LogP contribution in [0, 0.1) is 0 Å². The molecule has 1 aliphatic rings. The third-order valence-corrected chi connectivity index (χ3v) is 3.98. The van der Waals surface area contributed by atoms with E-state index in [0.717, 1.165) is 25.2 Å². The topological polar surface area (TPSA) is 41.6 Å². The van der Waals surface area contributed by atoms with Crippen molar-refractivity contribution in [2.24, 2.45) is 0 Å². The molecule has 0 aromatic heterocycles. The molecule has 0 atom stereocenters. The molecule has 4 heteroatoms. The molecule has 0 radical (unpaired) electrons. The zero-order valence-corrected chi connectivity index (χ0v) is 14.9. The van der Waals surface area contributed by atoms with Crippen molar-refractivity contribution >= 4 is 11.8 Å². The lowest BCUT2D eigenvalue weighted by Gasteiger charge is -2.31. The van der Waals surface area contributed by atoms with Crippen LogP contribution in [0.3, 0.4) is 0 Å². The van der Waals surface area contributed by atoms with Gasteiger partial charge in [0.15, 0.2) is 0 Å². The van der Waals surface area contributed by atoms with Crippen LogP contribution in [0.4, 0.5) is 10.5 Å². The van der Waals surface area contributed by atoms with Gasteiger partial charge in [0.1, 0.15) is 5.60 Å². The Morgan fingerprint density at radius 2 is 2.04 bits per heavy atom. The molecule has 0 unspecified atom stereocenters. The minimum atomic E-state index is -0.444. The van der Waals surface area contributed by atoms with Crippen LogP contribution >= 0.6 is 0 Å². The van der Waals surface area contributed by atoms with Crippen LogP contribution in [-0.4, -0.2) is 29.7 Å². The number of fused-ring (bicyclic) bond motifs is 1. The standard InChI is InChI=1S/C19H30N2O2/c1-5-6-7-11-20-17-9-8-15-10-12-21(14-16(15)13-17)18(22)23-19(2,3)4/h8-9,13,20H,5-7,10-12,14H2,1-4H3. The first-order valence-corrected chi connectivity index (χ1v) is 8.72. The molecule has 1 aliphatic heterocycles. The molecule has 1 aromatic carbocycles. The number of unbranched alkanes of at least 4 members (excludes halogenated alkanes) is 2. The van der Waals surface area contributed by atoms with Crippen molar-refractivity contribution in [3.63, 3.8) is 0 Å². The van der Waals surface area contributed by atoms with E-state index >= 15 is 0 Å².